The lowest BCUT2D eigenvalue weighted by molar-refractivity contribution is 0.0697. The highest BCUT2D eigenvalue weighted by molar-refractivity contribution is 7.89. The van der Waals surface area contributed by atoms with Crippen molar-refractivity contribution in [1.29, 1.82) is 0 Å². The molecule has 3 aromatic carbocycles. The van der Waals surface area contributed by atoms with Crippen molar-refractivity contribution in [2.24, 2.45) is 5.14 Å². The highest BCUT2D eigenvalue weighted by Gasteiger charge is 2.16. The van der Waals surface area contributed by atoms with E-state index in [4.69, 9.17) is 16.7 Å². The molecule has 0 bridgehead atoms. The average Bonchev–Trinajstić information content (AvgIpc) is 3.19. The number of sulfonamides is 1. The number of hydrogen-bond donors (Lipinski definition) is 2. The molecule has 4 rings (SSSR count). The number of nitrogens with zero attached hydrogens (tertiary/aromatic N) is 2. The van der Waals surface area contributed by atoms with E-state index in [2.05, 4.69) is 5.10 Å². The summed E-state index contributed by atoms with van der Waals surface area (Å²) < 4.78 is 24.8. The van der Waals surface area contributed by atoms with Crippen LogP contribution >= 0.6 is 11.6 Å². The van der Waals surface area contributed by atoms with E-state index < -0.39 is 16.0 Å². The third-order valence-corrected chi connectivity index (χ3v) is 5.85. The maximum Gasteiger partial charge on any atom is 0.335 e. The second kappa shape index (κ2) is 7.99. The van der Waals surface area contributed by atoms with Crippen LogP contribution in [0.4, 0.5) is 0 Å². The highest BCUT2D eigenvalue weighted by Crippen LogP contribution is 2.30. The van der Waals surface area contributed by atoms with Crippen LogP contribution in [0.25, 0.3) is 28.2 Å². The van der Waals surface area contributed by atoms with Crippen molar-refractivity contribution in [2.45, 2.75) is 4.90 Å². The van der Waals surface area contributed by atoms with E-state index in [-0.39, 0.29) is 10.5 Å². The zero-order chi connectivity index (χ0) is 22.2. The molecule has 0 saturated carbocycles. The van der Waals surface area contributed by atoms with E-state index >= 15 is 0 Å². The first-order valence-electron chi connectivity index (χ1n) is 9.05. The molecule has 0 saturated heterocycles. The van der Waals surface area contributed by atoms with Gasteiger partial charge in [0, 0.05) is 16.1 Å². The number of rotatable bonds is 5. The van der Waals surface area contributed by atoms with E-state index in [0.29, 0.717) is 27.7 Å². The van der Waals surface area contributed by atoms with Gasteiger partial charge in [-0.25, -0.2) is 23.0 Å². The standard InChI is InChI=1S/C22H16ClN3O4S/c23-17-6-4-14(5-7-17)20-13-21(15-2-1-3-16(12-15)22(27)28)26(25-20)18-8-10-19(11-9-18)31(24,29)30/h1-13H,(H,27,28)(H2,24,29,30). The molecule has 1 aromatic heterocycles. The molecule has 7 nitrogen and oxygen atoms in total. The van der Waals surface area contributed by atoms with E-state index in [1.54, 1.807) is 47.1 Å². The molecule has 4 aromatic rings. The fourth-order valence-corrected chi connectivity index (χ4v) is 3.78. The summed E-state index contributed by atoms with van der Waals surface area (Å²) in [4.78, 5) is 11.4. The van der Waals surface area contributed by atoms with Gasteiger partial charge in [0.1, 0.15) is 0 Å². The lowest BCUT2D eigenvalue weighted by Crippen LogP contribution is -2.12. The van der Waals surface area contributed by atoms with Gasteiger partial charge in [-0.3, -0.25) is 0 Å². The number of carboxylic acids is 1. The van der Waals surface area contributed by atoms with Crippen LogP contribution in [0.2, 0.25) is 5.02 Å². The van der Waals surface area contributed by atoms with Crippen LogP contribution in [0.1, 0.15) is 10.4 Å². The van der Waals surface area contributed by atoms with Crippen molar-refractivity contribution < 1.29 is 18.3 Å². The molecule has 9 heteroatoms. The summed E-state index contributed by atoms with van der Waals surface area (Å²) in [6, 6.07) is 21.5. The number of halogens is 1. The van der Waals surface area contributed by atoms with Crippen LogP contribution in [0.3, 0.4) is 0 Å². The monoisotopic (exact) mass is 453 g/mol. The smallest absolute Gasteiger partial charge is 0.335 e. The zero-order valence-electron chi connectivity index (χ0n) is 15.9. The van der Waals surface area contributed by atoms with E-state index in [1.807, 2.05) is 18.2 Å². The Morgan fingerprint density at radius 2 is 1.61 bits per heavy atom. The average molecular weight is 454 g/mol. The number of primary sulfonamides is 1. The van der Waals surface area contributed by atoms with E-state index in [9.17, 15) is 18.3 Å². The molecule has 0 unspecified atom stereocenters. The number of hydrogen-bond acceptors (Lipinski definition) is 4. The Kier molecular flexibility index (Phi) is 5.36. The number of benzene rings is 3. The second-order valence-corrected chi connectivity index (χ2v) is 8.76. The van der Waals surface area contributed by atoms with Crippen LogP contribution < -0.4 is 5.14 Å². The number of nitrogens with two attached hydrogens (primary N) is 1. The van der Waals surface area contributed by atoms with Crippen LogP contribution in [0.15, 0.2) is 83.8 Å². The maximum atomic E-state index is 11.6. The highest BCUT2D eigenvalue weighted by atomic mass is 35.5. The summed E-state index contributed by atoms with van der Waals surface area (Å²) in [6.07, 6.45) is 0. The molecular formula is C22H16ClN3O4S. The summed E-state index contributed by atoms with van der Waals surface area (Å²) in [7, 11) is -3.83. The molecule has 0 spiro atoms. The third kappa shape index (κ3) is 4.36. The van der Waals surface area contributed by atoms with Crippen LogP contribution in [0, 0.1) is 0 Å². The Hall–Kier alpha value is -3.46. The van der Waals surface area contributed by atoms with Gasteiger partial charge in [0.15, 0.2) is 0 Å². The Labute approximate surface area is 183 Å². The summed E-state index contributed by atoms with van der Waals surface area (Å²) in [5.74, 6) is -1.04. The molecule has 31 heavy (non-hydrogen) atoms. The predicted molar refractivity (Wildman–Crippen MR) is 118 cm³/mol. The quantitative estimate of drug-likeness (QED) is 0.469. The molecule has 0 atom stereocenters. The number of aromatic carboxylic acids is 1. The fourth-order valence-electron chi connectivity index (χ4n) is 3.13. The SMILES string of the molecule is NS(=O)(=O)c1ccc(-n2nc(-c3ccc(Cl)cc3)cc2-c2cccc(C(=O)O)c2)cc1. The molecule has 0 aliphatic heterocycles. The topological polar surface area (TPSA) is 115 Å². The number of carboxylic acid groups (broad SMARTS) is 1. The van der Waals surface area contributed by atoms with Crippen molar-refractivity contribution in [1.82, 2.24) is 9.78 Å². The summed E-state index contributed by atoms with van der Waals surface area (Å²) in [5, 5.41) is 19.8. The lowest BCUT2D eigenvalue weighted by atomic mass is 10.1. The summed E-state index contributed by atoms with van der Waals surface area (Å²) in [6.45, 7) is 0. The van der Waals surface area contributed by atoms with Crippen molar-refractivity contribution >= 4 is 27.6 Å². The first kappa shape index (κ1) is 20.8. The molecular weight excluding hydrogens is 438 g/mol. The second-order valence-electron chi connectivity index (χ2n) is 6.76. The van der Waals surface area contributed by atoms with Crippen molar-refractivity contribution in [3.8, 4) is 28.2 Å². The van der Waals surface area contributed by atoms with Crippen molar-refractivity contribution in [2.75, 3.05) is 0 Å². The predicted octanol–water partition coefficient (Wildman–Crippen LogP) is 4.21. The fraction of sp³-hybridized carbons (Fsp3) is 0. The Morgan fingerprint density at radius 1 is 0.935 bits per heavy atom. The first-order valence-corrected chi connectivity index (χ1v) is 11.0. The van der Waals surface area contributed by atoms with Gasteiger partial charge in [0.05, 0.1) is 27.5 Å². The summed E-state index contributed by atoms with van der Waals surface area (Å²) in [5.41, 5.74) is 3.47. The van der Waals surface area contributed by atoms with Gasteiger partial charge in [-0.15, -0.1) is 0 Å². The van der Waals surface area contributed by atoms with Gasteiger partial charge in [-0.05, 0) is 54.6 Å². The van der Waals surface area contributed by atoms with Gasteiger partial charge < -0.3 is 5.11 Å². The van der Waals surface area contributed by atoms with Gasteiger partial charge in [-0.1, -0.05) is 35.9 Å². The van der Waals surface area contributed by atoms with Crippen LogP contribution in [-0.4, -0.2) is 29.3 Å². The molecule has 0 radical (unpaired) electrons. The largest absolute Gasteiger partial charge is 0.478 e. The summed E-state index contributed by atoms with van der Waals surface area (Å²) >= 11 is 5.99. The molecule has 0 amide bonds. The van der Waals surface area contributed by atoms with Crippen LogP contribution in [-0.2, 0) is 10.0 Å². The van der Waals surface area contributed by atoms with E-state index in [0.717, 1.165) is 5.56 Å². The molecule has 0 aliphatic carbocycles. The van der Waals surface area contributed by atoms with Crippen molar-refractivity contribution in [3.05, 3.63) is 89.4 Å². The Morgan fingerprint density at radius 3 is 2.23 bits per heavy atom. The molecule has 156 valence electrons. The van der Waals surface area contributed by atoms with Crippen molar-refractivity contribution in [3.63, 3.8) is 0 Å². The minimum absolute atomic E-state index is 0.0178. The number of carbonyl (C=O) groups is 1. The molecule has 0 fully saturated rings. The third-order valence-electron chi connectivity index (χ3n) is 4.66. The van der Waals surface area contributed by atoms with Gasteiger partial charge in [0.25, 0.3) is 0 Å². The van der Waals surface area contributed by atoms with E-state index in [1.165, 1.54) is 18.2 Å². The maximum absolute atomic E-state index is 11.6. The minimum Gasteiger partial charge on any atom is -0.478 e. The Bertz CT molecular complexity index is 1380. The lowest BCUT2D eigenvalue weighted by Gasteiger charge is -2.09. The minimum atomic E-state index is -3.83. The zero-order valence-corrected chi connectivity index (χ0v) is 17.5. The van der Waals surface area contributed by atoms with Crippen LogP contribution in [0.5, 0.6) is 0 Å². The number of aromatic nitrogens is 2. The van der Waals surface area contributed by atoms with Gasteiger partial charge in [-0.2, -0.15) is 5.10 Å². The molecule has 3 N–H and O–H groups in total. The Balaban J connectivity index is 1.89. The first-order chi connectivity index (χ1) is 14.7. The molecule has 0 aliphatic rings. The van der Waals surface area contributed by atoms with Gasteiger partial charge in [0.2, 0.25) is 10.0 Å². The normalized spacial score (nSPS) is 11.4. The van der Waals surface area contributed by atoms with Gasteiger partial charge >= 0.3 is 5.97 Å². The molecule has 1 heterocycles.